The van der Waals surface area contributed by atoms with Gasteiger partial charge in [0.2, 0.25) is 10.0 Å². The molecule has 0 amide bonds. The number of sulfonamides is 1. The minimum atomic E-state index is -3.73. The summed E-state index contributed by atoms with van der Waals surface area (Å²) in [6.07, 6.45) is 0. The molecule has 0 saturated carbocycles. The van der Waals surface area contributed by atoms with E-state index in [0.717, 1.165) is 5.56 Å². The van der Waals surface area contributed by atoms with Crippen LogP contribution < -0.4 is 9.46 Å². The molecule has 1 aromatic rings. The summed E-state index contributed by atoms with van der Waals surface area (Å²) in [6, 6.07) is 5.87. The van der Waals surface area contributed by atoms with Gasteiger partial charge in [0.15, 0.2) is 0 Å². The number of nitriles is 1. The summed E-state index contributed by atoms with van der Waals surface area (Å²) in [7, 11) is -2.33. The van der Waals surface area contributed by atoms with Gasteiger partial charge in [-0.2, -0.15) is 9.98 Å². The third kappa shape index (κ3) is 3.19. The maximum Gasteiger partial charge on any atom is 0.245 e. The van der Waals surface area contributed by atoms with Gasteiger partial charge in [-0.15, -0.1) is 0 Å². The maximum atomic E-state index is 12.0. The van der Waals surface area contributed by atoms with Gasteiger partial charge in [0.25, 0.3) is 0 Å². The molecule has 17 heavy (non-hydrogen) atoms. The molecule has 0 fully saturated rings. The lowest BCUT2D eigenvalue weighted by atomic mass is 10.2. The van der Waals surface area contributed by atoms with Crippen molar-refractivity contribution in [2.45, 2.75) is 24.8 Å². The predicted molar refractivity (Wildman–Crippen MR) is 63.1 cm³/mol. The number of ether oxygens (including phenoxy) is 1. The molecule has 0 bridgehead atoms. The number of rotatable bonds is 4. The van der Waals surface area contributed by atoms with Crippen molar-refractivity contribution in [3.63, 3.8) is 0 Å². The standard InChI is InChI=1S/C11H14N2O3S/c1-8-4-5-10(16-3)11(6-8)17(14,15)13-9(2)7-12/h4-6,9,13H,1-3H3. The molecule has 5 nitrogen and oxygen atoms in total. The zero-order chi connectivity index (χ0) is 13.1. The average Bonchev–Trinajstić information content (AvgIpc) is 2.28. The second-order valence-electron chi connectivity index (χ2n) is 3.63. The van der Waals surface area contributed by atoms with Gasteiger partial charge in [-0.1, -0.05) is 6.07 Å². The van der Waals surface area contributed by atoms with Gasteiger partial charge in [0.05, 0.1) is 13.2 Å². The van der Waals surface area contributed by atoms with Gasteiger partial charge in [0.1, 0.15) is 16.7 Å². The third-order valence-electron chi connectivity index (χ3n) is 2.13. The molecular formula is C11H14N2O3S. The molecule has 0 aromatic heterocycles. The fourth-order valence-electron chi connectivity index (χ4n) is 1.32. The molecule has 0 aliphatic carbocycles. The van der Waals surface area contributed by atoms with Crippen molar-refractivity contribution in [1.29, 1.82) is 5.26 Å². The van der Waals surface area contributed by atoms with E-state index < -0.39 is 16.1 Å². The molecule has 0 heterocycles. The lowest BCUT2D eigenvalue weighted by Gasteiger charge is -2.12. The molecule has 6 heteroatoms. The second kappa shape index (κ2) is 5.17. The highest BCUT2D eigenvalue weighted by atomic mass is 32.2. The molecule has 0 saturated heterocycles. The second-order valence-corrected chi connectivity index (χ2v) is 5.31. The largest absolute Gasteiger partial charge is 0.495 e. The van der Waals surface area contributed by atoms with Crippen molar-refractivity contribution >= 4 is 10.0 Å². The van der Waals surface area contributed by atoms with Crippen LogP contribution in [0, 0.1) is 18.3 Å². The van der Waals surface area contributed by atoms with E-state index in [4.69, 9.17) is 10.00 Å². The summed E-state index contributed by atoms with van der Waals surface area (Å²) in [5.41, 5.74) is 0.802. The van der Waals surface area contributed by atoms with Crippen LogP contribution in [-0.2, 0) is 10.0 Å². The van der Waals surface area contributed by atoms with Crippen LogP contribution in [0.4, 0.5) is 0 Å². The van der Waals surface area contributed by atoms with Crippen molar-refractivity contribution < 1.29 is 13.2 Å². The fourth-order valence-corrected chi connectivity index (χ4v) is 2.72. The third-order valence-corrected chi connectivity index (χ3v) is 3.70. The summed E-state index contributed by atoms with van der Waals surface area (Å²) >= 11 is 0. The zero-order valence-corrected chi connectivity index (χ0v) is 10.7. The number of aryl methyl sites for hydroxylation is 1. The first-order chi connectivity index (χ1) is 7.90. The topological polar surface area (TPSA) is 79.2 Å². The van der Waals surface area contributed by atoms with Gasteiger partial charge < -0.3 is 4.74 Å². The van der Waals surface area contributed by atoms with E-state index in [-0.39, 0.29) is 10.6 Å². The fraction of sp³-hybridized carbons (Fsp3) is 0.364. The molecule has 92 valence electrons. The van der Waals surface area contributed by atoms with Crippen LogP contribution in [0.15, 0.2) is 23.1 Å². The number of hydrogen-bond acceptors (Lipinski definition) is 4. The Hall–Kier alpha value is -1.58. The molecule has 1 aromatic carbocycles. The molecule has 0 aliphatic rings. The van der Waals surface area contributed by atoms with Crippen molar-refractivity contribution in [2.24, 2.45) is 0 Å². The van der Waals surface area contributed by atoms with E-state index in [0.29, 0.717) is 0 Å². The van der Waals surface area contributed by atoms with Gasteiger partial charge in [0, 0.05) is 0 Å². The Labute approximate surface area is 101 Å². The van der Waals surface area contributed by atoms with Gasteiger partial charge in [-0.25, -0.2) is 8.42 Å². The Bertz CT molecular complexity index is 546. The molecule has 1 N–H and O–H groups in total. The first-order valence-corrected chi connectivity index (χ1v) is 6.45. The average molecular weight is 254 g/mol. The van der Waals surface area contributed by atoms with E-state index in [1.807, 2.05) is 6.07 Å². The number of hydrogen-bond donors (Lipinski definition) is 1. The van der Waals surface area contributed by atoms with E-state index in [1.165, 1.54) is 20.1 Å². The smallest absolute Gasteiger partial charge is 0.245 e. The molecule has 0 radical (unpaired) electrons. The molecule has 1 unspecified atom stereocenters. The number of nitrogens with one attached hydrogen (secondary N) is 1. The minimum absolute atomic E-state index is 0.0436. The van der Waals surface area contributed by atoms with E-state index in [2.05, 4.69) is 4.72 Å². The number of benzene rings is 1. The van der Waals surface area contributed by atoms with Crippen molar-refractivity contribution in [3.05, 3.63) is 23.8 Å². The lowest BCUT2D eigenvalue weighted by molar-refractivity contribution is 0.402. The summed E-state index contributed by atoms with van der Waals surface area (Å²) in [6.45, 7) is 3.26. The summed E-state index contributed by atoms with van der Waals surface area (Å²) < 4.78 is 31.2. The Morgan fingerprint density at radius 3 is 2.65 bits per heavy atom. The first kappa shape index (κ1) is 13.5. The summed E-state index contributed by atoms with van der Waals surface area (Å²) in [5, 5.41) is 8.62. The van der Waals surface area contributed by atoms with Crippen LogP contribution in [-0.4, -0.2) is 21.6 Å². The van der Waals surface area contributed by atoms with E-state index in [1.54, 1.807) is 19.1 Å². The van der Waals surface area contributed by atoms with Crippen molar-refractivity contribution in [1.82, 2.24) is 4.72 Å². The highest BCUT2D eigenvalue weighted by Gasteiger charge is 2.21. The molecular weight excluding hydrogens is 240 g/mol. The van der Waals surface area contributed by atoms with Crippen LogP contribution in [0.5, 0.6) is 5.75 Å². The highest BCUT2D eigenvalue weighted by molar-refractivity contribution is 7.89. The van der Waals surface area contributed by atoms with E-state index >= 15 is 0 Å². The lowest BCUT2D eigenvalue weighted by Crippen LogP contribution is -2.31. The molecule has 0 aliphatic heterocycles. The van der Waals surface area contributed by atoms with Crippen LogP contribution in [0.25, 0.3) is 0 Å². The Morgan fingerprint density at radius 2 is 2.12 bits per heavy atom. The maximum absolute atomic E-state index is 12.0. The van der Waals surface area contributed by atoms with Crippen LogP contribution >= 0.6 is 0 Å². The Kier molecular flexibility index (Phi) is 4.10. The normalized spacial score (nSPS) is 12.8. The number of methoxy groups -OCH3 is 1. The molecule has 1 atom stereocenters. The van der Waals surface area contributed by atoms with Crippen LogP contribution in [0.3, 0.4) is 0 Å². The van der Waals surface area contributed by atoms with Gasteiger partial charge in [-0.05, 0) is 31.5 Å². The first-order valence-electron chi connectivity index (χ1n) is 4.97. The molecule has 1 rings (SSSR count). The van der Waals surface area contributed by atoms with Crippen LogP contribution in [0.1, 0.15) is 12.5 Å². The Balaban J connectivity index is 3.23. The Morgan fingerprint density at radius 1 is 1.47 bits per heavy atom. The van der Waals surface area contributed by atoms with Gasteiger partial charge >= 0.3 is 0 Å². The van der Waals surface area contributed by atoms with Gasteiger partial charge in [-0.3, -0.25) is 0 Å². The predicted octanol–water partition coefficient (Wildman–Crippen LogP) is 1.19. The quantitative estimate of drug-likeness (QED) is 0.875. The minimum Gasteiger partial charge on any atom is -0.495 e. The van der Waals surface area contributed by atoms with Crippen molar-refractivity contribution in [2.75, 3.05) is 7.11 Å². The summed E-state index contributed by atoms with van der Waals surface area (Å²) in [5.74, 6) is 0.258. The van der Waals surface area contributed by atoms with E-state index in [9.17, 15) is 8.42 Å². The zero-order valence-electron chi connectivity index (χ0n) is 9.89. The summed E-state index contributed by atoms with van der Waals surface area (Å²) in [4.78, 5) is 0.0436. The SMILES string of the molecule is COc1ccc(C)cc1S(=O)(=O)NC(C)C#N. The molecule has 0 spiro atoms. The number of nitrogens with zero attached hydrogens (tertiary/aromatic N) is 1. The van der Waals surface area contributed by atoms with Crippen molar-refractivity contribution in [3.8, 4) is 11.8 Å². The highest BCUT2D eigenvalue weighted by Crippen LogP contribution is 2.24. The monoisotopic (exact) mass is 254 g/mol. The van der Waals surface area contributed by atoms with Crippen LogP contribution in [0.2, 0.25) is 0 Å².